The van der Waals surface area contributed by atoms with Crippen molar-refractivity contribution in [3.8, 4) is 0 Å². The monoisotopic (exact) mass is 484 g/mol. The summed E-state index contributed by atoms with van der Waals surface area (Å²) in [7, 11) is 2.40. The molecular weight excluding hydrogens is 460 g/mol. The second-order valence-electron chi connectivity index (χ2n) is 7.33. The third kappa shape index (κ3) is 6.07. The highest BCUT2D eigenvalue weighted by atomic mass is 32.1. The molecule has 1 atom stereocenters. The molecule has 1 aliphatic rings. The maximum Gasteiger partial charge on any atom is 0.337 e. The van der Waals surface area contributed by atoms with Crippen LogP contribution in [0.3, 0.4) is 0 Å². The molecule has 1 saturated heterocycles. The van der Waals surface area contributed by atoms with Gasteiger partial charge in [0.1, 0.15) is 6.04 Å². The van der Waals surface area contributed by atoms with E-state index in [1.807, 2.05) is 30.3 Å². The molecule has 2 aromatic carbocycles. The Balaban J connectivity index is 1.76. The van der Waals surface area contributed by atoms with Gasteiger partial charge in [-0.2, -0.15) is 0 Å². The number of nitrogens with zero attached hydrogens (tertiary/aromatic N) is 1. The topological polar surface area (TPSA) is 126 Å². The molecule has 1 heterocycles. The van der Waals surface area contributed by atoms with E-state index < -0.39 is 23.9 Å². The van der Waals surface area contributed by atoms with Crippen LogP contribution in [0.4, 0.5) is 11.4 Å². The van der Waals surface area contributed by atoms with Crippen LogP contribution >= 0.6 is 12.2 Å². The van der Waals surface area contributed by atoms with Gasteiger partial charge < -0.3 is 30.3 Å². The molecule has 34 heavy (non-hydrogen) atoms. The number of hydrogen-bond donors (Lipinski definition) is 3. The molecule has 2 amide bonds. The minimum atomic E-state index is -0.846. The van der Waals surface area contributed by atoms with Gasteiger partial charge in [-0.15, -0.1) is 0 Å². The average Bonchev–Trinajstić information content (AvgIpc) is 2.84. The number of hydrogen-bond acceptors (Lipinski definition) is 7. The molecular formula is C23H24N4O6S. The number of carbonyl (C=O) groups is 4. The molecule has 11 heteroatoms. The number of thiocarbonyl (C=S) groups is 1. The van der Waals surface area contributed by atoms with Gasteiger partial charge in [-0.1, -0.05) is 18.2 Å². The fourth-order valence-corrected chi connectivity index (χ4v) is 3.77. The Labute approximate surface area is 201 Å². The Hall–Kier alpha value is -3.99. The van der Waals surface area contributed by atoms with Gasteiger partial charge in [0.25, 0.3) is 0 Å². The zero-order chi connectivity index (χ0) is 24.7. The van der Waals surface area contributed by atoms with Crippen LogP contribution in [-0.2, 0) is 19.1 Å². The number of esters is 2. The van der Waals surface area contributed by atoms with E-state index in [0.29, 0.717) is 18.2 Å². The lowest BCUT2D eigenvalue weighted by Gasteiger charge is -2.36. The summed E-state index contributed by atoms with van der Waals surface area (Å²) in [6, 6.07) is 12.5. The molecule has 10 nitrogen and oxygen atoms in total. The number of amides is 2. The van der Waals surface area contributed by atoms with Crippen LogP contribution in [0, 0.1) is 0 Å². The van der Waals surface area contributed by atoms with E-state index in [2.05, 4.69) is 16.0 Å². The highest BCUT2D eigenvalue weighted by molar-refractivity contribution is 7.80. The average molecular weight is 485 g/mol. The van der Waals surface area contributed by atoms with E-state index in [1.165, 1.54) is 32.4 Å². The predicted octanol–water partition coefficient (Wildman–Crippen LogP) is 1.79. The quantitative estimate of drug-likeness (QED) is 0.415. The van der Waals surface area contributed by atoms with E-state index in [-0.39, 0.29) is 29.1 Å². The maximum absolute atomic E-state index is 12.8. The van der Waals surface area contributed by atoms with Crippen molar-refractivity contribution in [2.24, 2.45) is 0 Å². The summed E-state index contributed by atoms with van der Waals surface area (Å²) in [5.41, 5.74) is 1.06. The lowest BCUT2D eigenvalue weighted by molar-refractivity contribution is -0.130. The van der Waals surface area contributed by atoms with Crippen molar-refractivity contribution in [2.45, 2.75) is 12.5 Å². The number of nitrogens with one attached hydrogen (secondary N) is 3. The zero-order valence-electron chi connectivity index (χ0n) is 18.6. The predicted molar refractivity (Wildman–Crippen MR) is 129 cm³/mol. The van der Waals surface area contributed by atoms with Crippen LogP contribution in [0.1, 0.15) is 27.1 Å². The third-order valence-electron chi connectivity index (χ3n) is 5.05. The van der Waals surface area contributed by atoms with Crippen LogP contribution < -0.4 is 16.0 Å². The first-order chi connectivity index (χ1) is 16.3. The maximum atomic E-state index is 12.8. The summed E-state index contributed by atoms with van der Waals surface area (Å²) in [5.74, 6) is -2.21. The first-order valence-electron chi connectivity index (χ1n) is 10.3. The van der Waals surface area contributed by atoms with Crippen molar-refractivity contribution in [3.05, 3.63) is 59.7 Å². The van der Waals surface area contributed by atoms with E-state index in [1.54, 1.807) is 4.90 Å². The number of ether oxygens (including phenoxy) is 2. The SMILES string of the molecule is COC(=O)c1cc(NC(=O)C[C@H]2C(=O)NCCN2C(=S)Nc2ccccc2)cc(C(=O)OC)c1. The Morgan fingerprint density at radius 1 is 1.00 bits per heavy atom. The smallest absolute Gasteiger partial charge is 0.337 e. The fourth-order valence-electron chi connectivity index (χ4n) is 3.44. The van der Waals surface area contributed by atoms with Crippen molar-refractivity contribution in [2.75, 3.05) is 37.9 Å². The van der Waals surface area contributed by atoms with Crippen LogP contribution in [0.5, 0.6) is 0 Å². The lowest BCUT2D eigenvalue weighted by atomic mass is 10.1. The van der Waals surface area contributed by atoms with Gasteiger partial charge in [0.2, 0.25) is 11.8 Å². The molecule has 0 spiro atoms. The molecule has 0 radical (unpaired) electrons. The largest absolute Gasteiger partial charge is 0.465 e. The van der Waals surface area contributed by atoms with E-state index >= 15 is 0 Å². The second kappa shape index (κ2) is 11.2. The zero-order valence-corrected chi connectivity index (χ0v) is 19.4. The first-order valence-corrected chi connectivity index (χ1v) is 10.7. The van der Waals surface area contributed by atoms with Crippen LogP contribution in [-0.4, -0.2) is 67.1 Å². The molecule has 0 unspecified atom stereocenters. The highest BCUT2D eigenvalue weighted by Crippen LogP contribution is 2.19. The Morgan fingerprint density at radius 3 is 2.21 bits per heavy atom. The van der Waals surface area contributed by atoms with E-state index in [4.69, 9.17) is 21.7 Å². The molecule has 0 saturated carbocycles. The molecule has 0 bridgehead atoms. The van der Waals surface area contributed by atoms with E-state index in [9.17, 15) is 19.2 Å². The lowest BCUT2D eigenvalue weighted by Crippen LogP contribution is -2.58. The van der Waals surface area contributed by atoms with Crippen molar-refractivity contribution < 1.29 is 28.7 Å². The number of methoxy groups -OCH3 is 2. The Bertz CT molecular complexity index is 1070. The minimum absolute atomic E-state index is 0.0611. The number of piperazine rings is 1. The molecule has 1 aliphatic heterocycles. The van der Waals surface area contributed by atoms with Crippen molar-refractivity contribution in [3.63, 3.8) is 0 Å². The molecule has 3 N–H and O–H groups in total. The Morgan fingerprint density at radius 2 is 1.62 bits per heavy atom. The molecule has 1 fully saturated rings. The summed E-state index contributed by atoms with van der Waals surface area (Å²) in [5, 5.41) is 8.78. The summed E-state index contributed by atoms with van der Waals surface area (Å²) in [4.78, 5) is 51.0. The van der Waals surface area contributed by atoms with Gasteiger partial charge in [-0.05, 0) is 42.5 Å². The fraction of sp³-hybridized carbons (Fsp3) is 0.261. The number of rotatable bonds is 6. The number of anilines is 2. The summed E-state index contributed by atoms with van der Waals surface area (Å²) < 4.78 is 9.41. The summed E-state index contributed by atoms with van der Waals surface area (Å²) in [6.07, 6.45) is -0.210. The summed E-state index contributed by atoms with van der Waals surface area (Å²) in [6.45, 7) is 0.809. The molecule has 2 aromatic rings. The molecule has 0 aliphatic carbocycles. The third-order valence-corrected chi connectivity index (χ3v) is 5.39. The van der Waals surface area contributed by atoms with Crippen LogP contribution in [0.15, 0.2) is 48.5 Å². The first kappa shape index (κ1) is 24.6. The standard InChI is InChI=1S/C23H24N4O6S/c1-32-21(30)14-10-15(22(31)33-2)12-17(11-14)25-19(28)13-18-20(29)24-8-9-27(18)23(34)26-16-6-4-3-5-7-16/h3-7,10-12,18H,8-9,13H2,1-2H3,(H,24,29)(H,25,28)(H,26,34)/t18-/m0/s1. The van der Waals surface area contributed by atoms with Crippen LogP contribution in [0.25, 0.3) is 0 Å². The van der Waals surface area contributed by atoms with Gasteiger partial charge in [-0.3, -0.25) is 9.59 Å². The normalized spacial score (nSPS) is 15.1. The van der Waals surface area contributed by atoms with Crippen LogP contribution in [0.2, 0.25) is 0 Å². The number of para-hydroxylation sites is 1. The highest BCUT2D eigenvalue weighted by Gasteiger charge is 2.33. The van der Waals surface area contributed by atoms with Crippen molar-refractivity contribution in [1.29, 1.82) is 0 Å². The van der Waals surface area contributed by atoms with Gasteiger partial charge >= 0.3 is 11.9 Å². The minimum Gasteiger partial charge on any atom is -0.465 e. The van der Waals surface area contributed by atoms with Gasteiger partial charge in [0.15, 0.2) is 5.11 Å². The Kier molecular flexibility index (Phi) is 8.14. The molecule has 0 aromatic heterocycles. The van der Waals surface area contributed by atoms with Crippen molar-refractivity contribution in [1.82, 2.24) is 10.2 Å². The van der Waals surface area contributed by atoms with Crippen molar-refractivity contribution >= 4 is 52.5 Å². The van der Waals surface area contributed by atoms with Gasteiger partial charge in [-0.25, -0.2) is 9.59 Å². The van der Waals surface area contributed by atoms with Gasteiger partial charge in [0, 0.05) is 24.5 Å². The molecule has 3 rings (SSSR count). The van der Waals surface area contributed by atoms with E-state index in [0.717, 1.165) is 5.69 Å². The number of carbonyl (C=O) groups excluding carboxylic acids is 4. The molecule has 178 valence electrons. The summed E-state index contributed by atoms with van der Waals surface area (Å²) >= 11 is 5.49. The van der Waals surface area contributed by atoms with Gasteiger partial charge in [0.05, 0.1) is 31.8 Å². The second-order valence-corrected chi connectivity index (χ2v) is 7.72. The number of benzene rings is 2.